The summed E-state index contributed by atoms with van der Waals surface area (Å²) >= 11 is 6.15. The lowest BCUT2D eigenvalue weighted by Crippen LogP contribution is -2.35. The Hall–Kier alpha value is -1.99. The Morgan fingerprint density at radius 3 is 2.48 bits per heavy atom. The standard InChI is InChI=1S/C22H22ClFN2O2S/c23-21-7-3-8-22(24)20(21)16-25-11-4-12-26(14-13-25)29(27,28)19-10-9-17-5-1-2-6-18(17)15-19/h1-3,5-10,15H,4,11-14,16H2. The van der Waals surface area contributed by atoms with Crippen LogP contribution < -0.4 is 0 Å². The molecule has 0 saturated carbocycles. The molecule has 29 heavy (non-hydrogen) atoms. The van der Waals surface area contributed by atoms with Crippen molar-refractivity contribution in [3.63, 3.8) is 0 Å². The van der Waals surface area contributed by atoms with E-state index < -0.39 is 10.0 Å². The quantitative estimate of drug-likeness (QED) is 0.608. The van der Waals surface area contributed by atoms with E-state index in [2.05, 4.69) is 4.90 Å². The number of hydrogen-bond donors (Lipinski definition) is 0. The Balaban J connectivity index is 1.51. The van der Waals surface area contributed by atoms with E-state index in [0.29, 0.717) is 54.6 Å². The van der Waals surface area contributed by atoms with Crippen molar-refractivity contribution in [2.75, 3.05) is 26.2 Å². The lowest BCUT2D eigenvalue weighted by molar-refractivity contribution is 0.274. The van der Waals surface area contributed by atoms with Crippen LogP contribution in [0.15, 0.2) is 65.6 Å². The van der Waals surface area contributed by atoms with Gasteiger partial charge in [-0.2, -0.15) is 4.31 Å². The van der Waals surface area contributed by atoms with Gasteiger partial charge in [-0.05, 0) is 48.0 Å². The summed E-state index contributed by atoms with van der Waals surface area (Å²) in [4.78, 5) is 2.36. The van der Waals surface area contributed by atoms with E-state index in [1.54, 1.807) is 24.3 Å². The summed E-state index contributed by atoms with van der Waals surface area (Å²) in [6.45, 7) is 2.39. The molecule has 0 N–H and O–H groups in total. The fraction of sp³-hybridized carbons (Fsp3) is 0.273. The van der Waals surface area contributed by atoms with Crippen LogP contribution in [-0.4, -0.2) is 43.8 Å². The molecule has 4 rings (SSSR count). The number of halogens is 2. The van der Waals surface area contributed by atoms with Crippen LogP contribution in [0.5, 0.6) is 0 Å². The summed E-state index contributed by atoms with van der Waals surface area (Å²) in [6, 6.07) is 17.6. The average Bonchev–Trinajstić information content (AvgIpc) is 2.96. The Morgan fingerprint density at radius 1 is 0.897 bits per heavy atom. The molecule has 1 saturated heterocycles. The molecule has 0 atom stereocenters. The Labute approximate surface area is 175 Å². The molecule has 3 aromatic rings. The van der Waals surface area contributed by atoms with Gasteiger partial charge in [-0.3, -0.25) is 4.90 Å². The number of fused-ring (bicyclic) bond motifs is 1. The van der Waals surface area contributed by atoms with Crippen molar-refractivity contribution in [1.29, 1.82) is 0 Å². The maximum Gasteiger partial charge on any atom is 0.243 e. The van der Waals surface area contributed by atoms with Crippen LogP contribution in [0.3, 0.4) is 0 Å². The largest absolute Gasteiger partial charge is 0.298 e. The van der Waals surface area contributed by atoms with E-state index in [4.69, 9.17) is 11.6 Å². The molecule has 0 spiro atoms. The minimum atomic E-state index is -3.58. The van der Waals surface area contributed by atoms with Crippen LogP contribution >= 0.6 is 11.6 Å². The zero-order valence-corrected chi connectivity index (χ0v) is 17.5. The van der Waals surface area contributed by atoms with Crippen molar-refractivity contribution in [3.05, 3.63) is 77.1 Å². The minimum absolute atomic E-state index is 0.307. The highest BCUT2D eigenvalue weighted by Crippen LogP contribution is 2.24. The first-order valence-electron chi connectivity index (χ1n) is 9.59. The van der Waals surface area contributed by atoms with Crippen LogP contribution in [0.2, 0.25) is 5.02 Å². The number of benzene rings is 3. The summed E-state index contributed by atoms with van der Waals surface area (Å²) in [5.41, 5.74) is 0.458. The molecule has 0 unspecified atom stereocenters. The smallest absolute Gasteiger partial charge is 0.243 e. The summed E-state index contributed by atoms with van der Waals surface area (Å²) in [5, 5.41) is 2.31. The van der Waals surface area contributed by atoms with Crippen molar-refractivity contribution in [2.45, 2.75) is 17.9 Å². The third-order valence-corrected chi connectivity index (χ3v) is 7.60. The molecule has 3 aromatic carbocycles. The maximum atomic E-state index is 14.1. The highest BCUT2D eigenvalue weighted by molar-refractivity contribution is 7.89. The molecule has 1 aliphatic rings. The van der Waals surface area contributed by atoms with Crippen molar-refractivity contribution >= 4 is 32.4 Å². The Kier molecular flexibility index (Phi) is 5.88. The van der Waals surface area contributed by atoms with Gasteiger partial charge < -0.3 is 0 Å². The molecule has 152 valence electrons. The molecule has 1 fully saturated rings. The SMILES string of the molecule is O=S(=O)(c1ccc2ccccc2c1)N1CCCN(Cc2c(F)cccc2Cl)CC1. The first kappa shape index (κ1) is 20.3. The maximum absolute atomic E-state index is 14.1. The molecule has 7 heteroatoms. The predicted molar refractivity (Wildman–Crippen MR) is 114 cm³/mol. The van der Waals surface area contributed by atoms with Gasteiger partial charge in [-0.15, -0.1) is 0 Å². The van der Waals surface area contributed by atoms with Crippen molar-refractivity contribution < 1.29 is 12.8 Å². The van der Waals surface area contributed by atoms with Gasteiger partial charge in [0.05, 0.1) is 4.90 Å². The second kappa shape index (κ2) is 8.40. The van der Waals surface area contributed by atoms with E-state index in [1.807, 2.05) is 30.3 Å². The van der Waals surface area contributed by atoms with Crippen LogP contribution in [-0.2, 0) is 16.6 Å². The van der Waals surface area contributed by atoms with Gasteiger partial charge in [0, 0.05) is 36.8 Å². The van der Waals surface area contributed by atoms with Gasteiger partial charge in [0.25, 0.3) is 0 Å². The van der Waals surface area contributed by atoms with E-state index in [9.17, 15) is 12.8 Å². The van der Waals surface area contributed by atoms with Crippen LogP contribution in [0.25, 0.3) is 10.8 Å². The molecule has 1 aliphatic heterocycles. The van der Waals surface area contributed by atoms with Crippen molar-refractivity contribution in [3.8, 4) is 0 Å². The van der Waals surface area contributed by atoms with Gasteiger partial charge in [0.15, 0.2) is 0 Å². The molecule has 0 amide bonds. The van der Waals surface area contributed by atoms with Gasteiger partial charge in [0.2, 0.25) is 10.0 Å². The summed E-state index contributed by atoms with van der Waals surface area (Å²) in [5.74, 6) is -0.331. The van der Waals surface area contributed by atoms with Crippen molar-refractivity contribution in [2.24, 2.45) is 0 Å². The lowest BCUT2D eigenvalue weighted by atomic mass is 10.1. The molecular weight excluding hydrogens is 411 g/mol. The van der Waals surface area contributed by atoms with E-state index in [-0.39, 0.29) is 5.82 Å². The van der Waals surface area contributed by atoms with Crippen molar-refractivity contribution in [1.82, 2.24) is 9.21 Å². The van der Waals surface area contributed by atoms with E-state index in [0.717, 1.165) is 10.8 Å². The van der Waals surface area contributed by atoms with E-state index >= 15 is 0 Å². The molecule has 0 aromatic heterocycles. The molecule has 0 radical (unpaired) electrons. The Bertz CT molecular complexity index is 1120. The summed E-state index contributed by atoms with van der Waals surface area (Å²) in [7, 11) is -3.58. The van der Waals surface area contributed by atoms with E-state index in [1.165, 1.54) is 10.4 Å². The number of sulfonamides is 1. The highest BCUT2D eigenvalue weighted by Gasteiger charge is 2.27. The number of rotatable bonds is 4. The second-order valence-electron chi connectivity index (χ2n) is 7.24. The fourth-order valence-corrected chi connectivity index (χ4v) is 5.46. The summed E-state index contributed by atoms with van der Waals surface area (Å²) < 4.78 is 42.0. The zero-order valence-electron chi connectivity index (χ0n) is 15.9. The monoisotopic (exact) mass is 432 g/mol. The third kappa shape index (κ3) is 4.31. The van der Waals surface area contributed by atoms with Crippen LogP contribution in [0.1, 0.15) is 12.0 Å². The molecule has 0 aliphatic carbocycles. The third-order valence-electron chi connectivity index (χ3n) is 5.35. The minimum Gasteiger partial charge on any atom is -0.298 e. The molecule has 4 nitrogen and oxygen atoms in total. The first-order valence-corrected chi connectivity index (χ1v) is 11.4. The van der Waals surface area contributed by atoms with Gasteiger partial charge >= 0.3 is 0 Å². The summed E-state index contributed by atoms with van der Waals surface area (Å²) in [6.07, 6.45) is 0.679. The molecule has 1 heterocycles. The average molecular weight is 433 g/mol. The van der Waals surface area contributed by atoms with Gasteiger partial charge in [0.1, 0.15) is 5.82 Å². The van der Waals surface area contributed by atoms with Crippen LogP contribution in [0, 0.1) is 5.82 Å². The second-order valence-corrected chi connectivity index (χ2v) is 9.59. The van der Waals surface area contributed by atoms with Gasteiger partial charge in [-0.25, -0.2) is 12.8 Å². The highest BCUT2D eigenvalue weighted by atomic mass is 35.5. The first-order chi connectivity index (χ1) is 13.9. The number of hydrogen-bond acceptors (Lipinski definition) is 3. The predicted octanol–water partition coefficient (Wildman–Crippen LogP) is 4.53. The van der Waals surface area contributed by atoms with Crippen LogP contribution in [0.4, 0.5) is 4.39 Å². The zero-order chi connectivity index (χ0) is 20.4. The number of nitrogens with zero attached hydrogens (tertiary/aromatic N) is 2. The molecule has 0 bridgehead atoms. The topological polar surface area (TPSA) is 40.6 Å². The lowest BCUT2D eigenvalue weighted by Gasteiger charge is -2.22. The Morgan fingerprint density at radius 2 is 1.69 bits per heavy atom. The fourth-order valence-electron chi connectivity index (χ4n) is 3.73. The molecular formula is C22H22ClFN2O2S. The van der Waals surface area contributed by atoms with Gasteiger partial charge in [-0.1, -0.05) is 48.0 Å². The normalized spacial score (nSPS) is 16.8.